The van der Waals surface area contributed by atoms with E-state index in [0.29, 0.717) is 5.56 Å². The standard InChI is InChI=1S/C13H11NO2/c1-9-4-2-3-5-10(9)12-8-14-7-6-11(12)13(15)16/h2-8H,1H3,(H,15,16). The fraction of sp³-hybridized carbons (Fsp3) is 0.0769. The van der Waals surface area contributed by atoms with Crippen LogP contribution >= 0.6 is 0 Å². The lowest BCUT2D eigenvalue weighted by atomic mass is 9.98. The highest BCUT2D eigenvalue weighted by atomic mass is 16.4. The Morgan fingerprint density at radius 1 is 1.19 bits per heavy atom. The van der Waals surface area contributed by atoms with Gasteiger partial charge in [0.05, 0.1) is 5.56 Å². The van der Waals surface area contributed by atoms with Gasteiger partial charge in [0.1, 0.15) is 0 Å². The van der Waals surface area contributed by atoms with Crippen molar-refractivity contribution in [2.24, 2.45) is 0 Å². The van der Waals surface area contributed by atoms with Gasteiger partial charge in [-0.3, -0.25) is 4.98 Å². The van der Waals surface area contributed by atoms with Crippen LogP contribution in [0.3, 0.4) is 0 Å². The van der Waals surface area contributed by atoms with E-state index in [1.54, 1.807) is 6.20 Å². The maximum absolute atomic E-state index is 11.1. The third-order valence-electron chi connectivity index (χ3n) is 2.49. The van der Waals surface area contributed by atoms with Gasteiger partial charge in [-0.25, -0.2) is 4.79 Å². The van der Waals surface area contributed by atoms with Crippen LogP contribution in [0.5, 0.6) is 0 Å². The molecule has 1 aromatic carbocycles. The predicted octanol–water partition coefficient (Wildman–Crippen LogP) is 2.76. The largest absolute Gasteiger partial charge is 0.478 e. The summed E-state index contributed by atoms with van der Waals surface area (Å²) in [6.07, 6.45) is 3.08. The molecule has 0 saturated heterocycles. The number of pyridine rings is 1. The van der Waals surface area contributed by atoms with Crippen molar-refractivity contribution in [1.29, 1.82) is 0 Å². The topological polar surface area (TPSA) is 50.2 Å². The maximum atomic E-state index is 11.1. The van der Waals surface area contributed by atoms with Crippen molar-refractivity contribution in [1.82, 2.24) is 4.98 Å². The van der Waals surface area contributed by atoms with E-state index in [9.17, 15) is 4.79 Å². The van der Waals surface area contributed by atoms with Gasteiger partial charge in [-0.1, -0.05) is 24.3 Å². The van der Waals surface area contributed by atoms with Gasteiger partial charge >= 0.3 is 5.97 Å². The molecule has 1 heterocycles. The van der Waals surface area contributed by atoms with Crippen LogP contribution in [0.15, 0.2) is 42.7 Å². The first-order valence-corrected chi connectivity index (χ1v) is 4.93. The minimum atomic E-state index is -0.930. The number of aromatic carboxylic acids is 1. The number of carbonyl (C=O) groups is 1. The summed E-state index contributed by atoms with van der Waals surface area (Å²) in [4.78, 5) is 15.1. The molecule has 0 bridgehead atoms. The third kappa shape index (κ3) is 1.80. The van der Waals surface area contributed by atoms with E-state index in [1.165, 1.54) is 12.3 Å². The average Bonchev–Trinajstić information content (AvgIpc) is 2.29. The van der Waals surface area contributed by atoms with E-state index < -0.39 is 5.97 Å². The molecule has 3 heteroatoms. The van der Waals surface area contributed by atoms with Crippen LogP contribution in [0, 0.1) is 6.92 Å². The fourth-order valence-electron chi connectivity index (χ4n) is 1.67. The third-order valence-corrected chi connectivity index (χ3v) is 2.49. The molecule has 0 radical (unpaired) electrons. The quantitative estimate of drug-likeness (QED) is 0.834. The zero-order chi connectivity index (χ0) is 11.5. The first-order valence-electron chi connectivity index (χ1n) is 4.93. The van der Waals surface area contributed by atoms with E-state index in [-0.39, 0.29) is 5.56 Å². The molecular weight excluding hydrogens is 202 g/mol. The van der Waals surface area contributed by atoms with Crippen LogP contribution in [0.25, 0.3) is 11.1 Å². The summed E-state index contributed by atoms with van der Waals surface area (Å²) in [6.45, 7) is 1.95. The number of benzene rings is 1. The molecule has 2 rings (SSSR count). The van der Waals surface area contributed by atoms with Crippen LogP contribution in [0.1, 0.15) is 15.9 Å². The van der Waals surface area contributed by atoms with Gasteiger partial charge in [0.15, 0.2) is 0 Å². The van der Waals surface area contributed by atoms with Crippen molar-refractivity contribution >= 4 is 5.97 Å². The van der Waals surface area contributed by atoms with E-state index >= 15 is 0 Å². The molecule has 16 heavy (non-hydrogen) atoms. The number of hydrogen-bond acceptors (Lipinski definition) is 2. The van der Waals surface area contributed by atoms with Crippen molar-refractivity contribution in [3.05, 3.63) is 53.9 Å². The molecule has 1 N–H and O–H groups in total. The Balaban J connectivity index is 2.65. The minimum Gasteiger partial charge on any atom is -0.478 e. The summed E-state index contributed by atoms with van der Waals surface area (Å²) < 4.78 is 0. The van der Waals surface area contributed by atoms with Crippen LogP contribution in [-0.4, -0.2) is 16.1 Å². The summed E-state index contributed by atoms with van der Waals surface area (Å²) in [5, 5.41) is 9.09. The highest BCUT2D eigenvalue weighted by molar-refractivity contribution is 5.96. The highest BCUT2D eigenvalue weighted by Crippen LogP contribution is 2.25. The molecule has 0 aliphatic rings. The second-order valence-corrected chi connectivity index (χ2v) is 3.54. The summed E-state index contributed by atoms with van der Waals surface area (Å²) in [6, 6.07) is 9.19. The number of carboxylic acid groups (broad SMARTS) is 1. The summed E-state index contributed by atoms with van der Waals surface area (Å²) >= 11 is 0. The first-order chi connectivity index (χ1) is 7.70. The Labute approximate surface area is 93.4 Å². The van der Waals surface area contributed by atoms with Crippen LogP contribution in [-0.2, 0) is 0 Å². The Bertz CT molecular complexity index is 535. The van der Waals surface area contributed by atoms with Crippen LogP contribution in [0.2, 0.25) is 0 Å². The molecule has 1 aromatic heterocycles. The normalized spacial score (nSPS) is 10.1. The molecule has 0 unspecified atom stereocenters. The Morgan fingerprint density at radius 3 is 2.62 bits per heavy atom. The van der Waals surface area contributed by atoms with Gasteiger partial charge in [0.25, 0.3) is 0 Å². The van der Waals surface area contributed by atoms with E-state index in [4.69, 9.17) is 5.11 Å². The molecule has 80 valence electrons. The van der Waals surface area contributed by atoms with Crippen molar-refractivity contribution < 1.29 is 9.90 Å². The van der Waals surface area contributed by atoms with Crippen molar-refractivity contribution in [3.63, 3.8) is 0 Å². The lowest BCUT2D eigenvalue weighted by Gasteiger charge is -2.07. The monoisotopic (exact) mass is 213 g/mol. The summed E-state index contributed by atoms with van der Waals surface area (Å²) in [5.74, 6) is -0.930. The lowest BCUT2D eigenvalue weighted by molar-refractivity contribution is 0.0697. The Kier molecular flexibility index (Phi) is 2.68. The predicted molar refractivity (Wildman–Crippen MR) is 61.4 cm³/mol. The number of hydrogen-bond donors (Lipinski definition) is 1. The number of aryl methyl sites for hydroxylation is 1. The lowest BCUT2D eigenvalue weighted by Crippen LogP contribution is -2.00. The molecule has 0 atom stereocenters. The van der Waals surface area contributed by atoms with Gasteiger partial charge < -0.3 is 5.11 Å². The Morgan fingerprint density at radius 2 is 1.94 bits per heavy atom. The molecule has 0 fully saturated rings. The van der Waals surface area contributed by atoms with Gasteiger partial charge in [0.2, 0.25) is 0 Å². The zero-order valence-corrected chi connectivity index (χ0v) is 8.84. The highest BCUT2D eigenvalue weighted by Gasteiger charge is 2.12. The van der Waals surface area contributed by atoms with Crippen LogP contribution in [0.4, 0.5) is 0 Å². The minimum absolute atomic E-state index is 0.282. The first kappa shape index (κ1) is 10.4. The SMILES string of the molecule is Cc1ccccc1-c1cnccc1C(=O)O. The number of rotatable bonds is 2. The van der Waals surface area contributed by atoms with Crippen LogP contribution < -0.4 is 0 Å². The number of carboxylic acids is 1. The fourth-order valence-corrected chi connectivity index (χ4v) is 1.67. The van der Waals surface area contributed by atoms with Gasteiger partial charge in [0, 0.05) is 18.0 Å². The maximum Gasteiger partial charge on any atom is 0.336 e. The number of aromatic nitrogens is 1. The zero-order valence-electron chi connectivity index (χ0n) is 8.84. The van der Waals surface area contributed by atoms with Crippen molar-refractivity contribution in [2.45, 2.75) is 6.92 Å². The second-order valence-electron chi connectivity index (χ2n) is 3.54. The molecule has 0 amide bonds. The Hall–Kier alpha value is -2.16. The molecule has 0 spiro atoms. The van der Waals surface area contributed by atoms with Gasteiger partial charge in [-0.15, -0.1) is 0 Å². The summed E-state index contributed by atoms with van der Waals surface area (Å²) in [7, 11) is 0. The second kappa shape index (κ2) is 4.14. The number of nitrogens with zero attached hydrogens (tertiary/aromatic N) is 1. The van der Waals surface area contributed by atoms with E-state index in [1.807, 2.05) is 31.2 Å². The molecule has 0 aliphatic carbocycles. The van der Waals surface area contributed by atoms with Gasteiger partial charge in [-0.2, -0.15) is 0 Å². The van der Waals surface area contributed by atoms with E-state index in [0.717, 1.165) is 11.1 Å². The molecule has 3 nitrogen and oxygen atoms in total. The molecule has 2 aromatic rings. The molecular formula is C13H11NO2. The van der Waals surface area contributed by atoms with Crippen molar-refractivity contribution in [2.75, 3.05) is 0 Å². The van der Waals surface area contributed by atoms with Crippen molar-refractivity contribution in [3.8, 4) is 11.1 Å². The summed E-state index contributed by atoms with van der Waals surface area (Å²) in [5.41, 5.74) is 2.89. The molecule has 0 aliphatic heterocycles. The molecule has 0 saturated carbocycles. The van der Waals surface area contributed by atoms with Gasteiger partial charge in [-0.05, 0) is 24.1 Å². The smallest absolute Gasteiger partial charge is 0.336 e. The van der Waals surface area contributed by atoms with E-state index in [2.05, 4.69) is 4.98 Å². The average molecular weight is 213 g/mol.